The molecular formula is C16H25NO3. The summed E-state index contributed by atoms with van der Waals surface area (Å²) in [5.41, 5.74) is 8.25. The van der Waals surface area contributed by atoms with E-state index in [0.717, 1.165) is 5.56 Å². The van der Waals surface area contributed by atoms with Crippen molar-refractivity contribution in [3.05, 3.63) is 34.9 Å². The van der Waals surface area contributed by atoms with Crippen LogP contribution in [-0.4, -0.2) is 16.8 Å². The third kappa shape index (κ3) is 6.06. The van der Waals surface area contributed by atoms with Crippen molar-refractivity contribution < 1.29 is 14.6 Å². The van der Waals surface area contributed by atoms with Gasteiger partial charge in [-0.05, 0) is 63.1 Å². The lowest BCUT2D eigenvalue weighted by atomic mass is 9.90. The first kappa shape index (κ1) is 16.5. The Morgan fingerprint density at radius 3 is 2.30 bits per heavy atom. The number of hydrogen-bond acceptors (Lipinski definition) is 3. The molecule has 0 spiro atoms. The number of carbonyl (C=O) groups is 1. The molecule has 0 aromatic heterocycles. The molecule has 1 aromatic carbocycles. The Labute approximate surface area is 120 Å². The molecule has 0 heterocycles. The zero-order valence-corrected chi connectivity index (χ0v) is 12.6. The molecule has 4 nitrogen and oxygen atoms in total. The van der Waals surface area contributed by atoms with Gasteiger partial charge >= 0.3 is 6.09 Å². The lowest BCUT2D eigenvalue weighted by Gasteiger charge is -2.16. The van der Waals surface area contributed by atoms with Gasteiger partial charge in [0.25, 0.3) is 0 Å². The van der Waals surface area contributed by atoms with Crippen LogP contribution in [0.2, 0.25) is 0 Å². The molecule has 0 saturated carbocycles. The zero-order valence-electron chi connectivity index (χ0n) is 12.6. The highest BCUT2D eigenvalue weighted by molar-refractivity contribution is 5.65. The first-order chi connectivity index (χ1) is 9.31. The Morgan fingerprint density at radius 2 is 1.85 bits per heavy atom. The van der Waals surface area contributed by atoms with Crippen molar-refractivity contribution in [1.82, 2.24) is 0 Å². The lowest BCUT2D eigenvalue weighted by molar-refractivity contribution is 0.0600. The Kier molecular flexibility index (Phi) is 6.02. The van der Waals surface area contributed by atoms with Crippen molar-refractivity contribution in [2.75, 3.05) is 0 Å². The van der Waals surface area contributed by atoms with Crippen LogP contribution in [0.4, 0.5) is 4.79 Å². The molecule has 0 aliphatic heterocycles. The van der Waals surface area contributed by atoms with Crippen LogP contribution in [0, 0.1) is 0 Å². The second kappa shape index (κ2) is 7.29. The maximum Gasteiger partial charge on any atom is 0.405 e. The smallest absolute Gasteiger partial charge is 0.405 e. The minimum absolute atomic E-state index is 0.174. The van der Waals surface area contributed by atoms with Crippen LogP contribution in [0.5, 0.6) is 0 Å². The molecule has 0 atom stereocenters. The topological polar surface area (TPSA) is 72.5 Å². The molecule has 20 heavy (non-hydrogen) atoms. The molecule has 1 aromatic rings. The van der Waals surface area contributed by atoms with Gasteiger partial charge in [0.15, 0.2) is 0 Å². The molecule has 0 fully saturated rings. The summed E-state index contributed by atoms with van der Waals surface area (Å²) in [7, 11) is 0. The number of nitrogens with two attached hydrogens (primary N) is 1. The number of fused-ring (bicyclic) bond motifs is 1. The van der Waals surface area contributed by atoms with Crippen molar-refractivity contribution in [3.63, 3.8) is 0 Å². The van der Waals surface area contributed by atoms with Crippen LogP contribution >= 0.6 is 0 Å². The van der Waals surface area contributed by atoms with Crippen molar-refractivity contribution in [2.24, 2.45) is 5.73 Å². The molecule has 0 saturated heterocycles. The first-order valence-corrected chi connectivity index (χ1v) is 7.02. The van der Waals surface area contributed by atoms with Gasteiger partial charge in [-0.2, -0.15) is 0 Å². The van der Waals surface area contributed by atoms with Crippen LogP contribution in [0.15, 0.2) is 18.2 Å². The number of hydrogen-bond donors (Lipinski definition) is 2. The van der Waals surface area contributed by atoms with E-state index in [1.165, 1.54) is 36.8 Å². The summed E-state index contributed by atoms with van der Waals surface area (Å²) in [6.45, 7) is 5.46. The number of rotatable bonds is 1. The van der Waals surface area contributed by atoms with Crippen LogP contribution in [0.1, 0.15) is 50.3 Å². The molecule has 112 valence electrons. The minimum Gasteiger partial charge on any atom is -0.444 e. The normalized spacial score (nSPS) is 13.8. The molecule has 2 rings (SSSR count). The molecular weight excluding hydrogens is 254 g/mol. The van der Waals surface area contributed by atoms with Gasteiger partial charge in [0.2, 0.25) is 0 Å². The molecule has 3 N–H and O–H groups in total. The van der Waals surface area contributed by atoms with Gasteiger partial charge in [0.1, 0.15) is 5.60 Å². The van der Waals surface area contributed by atoms with Gasteiger partial charge < -0.3 is 15.6 Å². The van der Waals surface area contributed by atoms with Crippen molar-refractivity contribution >= 4 is 6.09 Å². The highest BCUT2D eigenvalue weighted by Crippen LogP contribution is 2.21. The predicted octanol–water partition coefficient (Wildman–Crippen LogP) is 2.94. The Bertz CT molecular complexity index is 450. The van der Waals surface area contributed by atoms with E-state index in [0.29, 0.717) is 0 Å². The molecule has 4 heteroatoms. The minimum atomic E-state index is -0.725. The SMILES string of the molecule is CC(C)(C)OC(N)=O.OCc1ccc2c(c1)CCCC2. The number of ether oxygens (including phenoxy) is 1. The lowest BCUT2D eigenvalue weighted by Crippen LogP contribution is -2.27. The van der Waals surface area contributed by atoms with Gasteiger partial charge in [0, 0.05) is 0 Å². The second-order valence-corrected chi connectivity index (χ2v) is 6.00. The van der Waals surface area contributed by atoms with Crippen LogP contribution in [0.25, 0.3) is 0 Å². The summed E-state index contributed by atoms with van der Waals surface area (Å²) in [6.07, 6.45) is 4.33. The van der Waals surface area contributed by atoms with E-state index >= 15 is 0 Å². The summed E-state index contributed by atoms with van der Waals surface area (Å²) in [6, 6.07) is 6.35. The standard InChI is InChI=1S/C11H14O.C5H11NO2/c12-8-9-5-6-10-3-1-2-4-11(10)7-9;1-5(2,3)8-4(6)7/h5-7,12H,1-4,8H2;1-3H3,(H2,6,7). The third-order valence-corrected chi connectivity index (χ3v) is 3.00. The summed E-state index contributed by atoms with van der Waals surface area (Å²) in [5.74, 6) is 0. The van der Waals surface area contributed by atoms with Gasteiger partial charge in [0.05, 0.1) is 6.61 Å². The number of aryl methyl sites for hydroxylation is 2. The third-order valence-electron chi connectivity index (χ3n) is 3.00. The van der Waals surface area contributed by atoms with E-state index in [-0.39, 0.29) is 6.61 Å². The van der Waals surface area contributed by atoms with E-state index in [1.54, 1.807) is 20.8 Å². The fourth-order valence-corrected chi connectivity index (χ4v) is 2.19. The summed E-state index contributed by atoms with van der Waals surface area (Å²) >= 11 is 0. The Balaban J connectivity index is 0.000000221. The average molecular weight is 279 g/mol. The van der Waals surface area contributed by atoms with Crippen LogP contribution in [-0.2, 0) is 24.2 Å². The van der Waals surface area contributed by atoms with Crippen molar-refractivity contribution in [2.45, 2.75) is 58.7 Å². The van der Waals surface area contributed by atoms with Crippen LogP contribution in [0.3, 0.4) is 0 Å². The monoisotopic (exact) mass is 279 g/mol. The van der Waals surface area contributed by atoms with E-state index in [1.807, 2.05) is 6.07 Å². The quantitative estimate of drug-likeness (QED) is 0.830. The number of primary amides is 1. The number of benzene rings is 1. The molecule has 1 aliphatic rings. The summed E-state index contributed by atoms with van der Waals surface area (Å²) in [5, 5.41) is 8.94. The Morgan fingerprint density at radius 1 is 1.25 bits per heavy atom. The largest absolute Gasteiger partial charge is 0.444 e. The maximum absolute atomic E-state index is 10.0. The fourth-order valence-electron chi connectivity index (χ4n) is 2.19. The van der Waals surface area contributed by atoms with E-state index in [4.69, 9.17) is 10.8 Å². The first-order valence-electron chi connectivity index (χ1n) is 7.02. The highest BCUT2D eigenvalue weighted by atomic mass is 16.6. The highest BCUT2D eigenvalue weighted by Gasteiger charge is 2.12. The van der Waals surface area contributed by atoms with Gasteiger partial charge in [-0.1, -0.05) is 18.2 Å². The molecule has 1 amide bonds. The molecule has 0 unspecified atom stereocenters. The second-order valence-electron chi connectivity index (χ2n) is 6.00. The zero-order chi connectivity index (χ0) is 15.2. The van der Waals surface area contributed by atoms with Crippen LogP contribution < -0.4 is 5.73 Å². The number of amides is 1. The number of aliphatic hydroxyl groups is 1. The summed E-state index contributed by atoms with van der Waals surface area (Å²) in [4.78, 5) is 10.0. The van der Waals surface area contributed by atoms with Gasteiger partial charge in [-0.15, -0.1) is 0 Å². The average Bonchev–Trinajstić information content (AvgIpc) is 2.36. The number of aliphatic hydroxyl groups excluding tert-OH is 1. The number of carbonyl (C=O) groups excluding carboxylic acids is 1. The maximum atomic E-state index is 10.0. The van der Waals surface area contributed by atoms with Gasteiger partial charge in [-0.25, -0.2) is 4.79 Å². The van der Waals surface area contributed by atoms with E-state index in [2.05, 4.69) is 16.9 Å². The van der Waals surface area contributed by atoms with Gasteiger partial charge in [-0.3, -0.25) is 0 Å². The van der Waals surface area contributed by atoms with E-state index < -0.39 is 11.7 Å². The van der Waals surface area contributed by atoms with Crippen molar-refractivity contribution in [1.29, 1.82) is 0 Å². The summed E-state index contributed by atoms with van der Waals surface area (Å²) < 4.78 is 4.58. The predicted molar refractivity (Wildman–Crippen MR) is 79.4 cm³/mol. The molecule has 0 bridgehead atoms. The fraction of sp³-hybridized carbons (Fsp3) is 0.562. The molecule has 1 aliphatic carbocycles. The molecule has 0 radical (unpaired) electrons. The Hall–Kier alpha value is -1.55. The van der Waals surface area contributed by atoms with E-state index in [9.17, 15) is 4.79 Å². The van der Waals surface area contributed by atoms with Crippen molar-refractivity contribution in [3.8, 4) is 0 Å².